The lowest BCUT2D eigenvalue weighted by molar-refractivity contribution is 0.0929. The Balaban J connectivity index is 1.80. The molecule has 0 aliphatic carbocycles. The number of nitrogens with zero attached hydrogens (tertiary/aromatic N) is 1. The van der Waals surface area contributed by atoms with E-state index >= 15 is 0 Å². The molecule has 140 valence electrons. The third kappa shape index (κ3) is 3.57. The van der Waals surface area contributed by atoms with Crippen LogP contribution >= 0.6 is 0 Å². The Bertz CT molecular complexity index is 982. The van der Waals surface area contributed by atoms with Gasteiger partial charge in [0.1, 0.15) is 5.58 Å². The molecule has 0 radical (unpaired) electrons. The van der Waals surface area contributed by atoms with Crippen molar-refractivity contribution >= 4 is 23.1 Å². The van der Waals surface area contributed by atoms with Crippen LogP contribution in [0.4, 0.5) is 0 Å². The first kappa shape index (κ1) is 18.3. The smallest absolute Gasteiger partial charge is 0.307 e. The van der Waals surface area contributed by atoms with Gasteiger partial charge in [-0.3, -0.25) is 4.79 Å². The quantitative estimate of drug-likeness (QED) is 0.532. The van der Waals surface area contributed by atoms with E-state index in [1.54, 1.807) is 12.1 Å². The first-order valence-corrected chi connectivity index (χ1v) is 8.20. The van der Waals surface area contributed by atoms with E-state index in [-0.39, 0.29) is 5.76 Å². The number of methoxy groups -OCH3 is 3. The molecule has 0 bridgehead atoms. The van der Waals surface area contributed by atoms with E-state index in [0.29, 0.717) is 28.4 Å². The van der Waals surface area contributed by atoms with Crippen LogP contribution in [0.25, 0.3) is 11.0 Å². The third-order valence-electron chi connectivity index (χ3n) is 4.12. The van der Waals surface area contributed by atoms with Gasteiger partial charge in [0.05, 0.1) is 27.5 Å². The van der Waals surface area contributed by atoms with Gasteiger partial charge in [0.2, 0.25) is 5.75 Å². The number of nitrogens with one attached hydrogen (secondary N) is 1. The van der Waals surface area contributed by atoms with Gasteiger partial charge in [-0.2, -0.15) is 5.10 Å². The molecule has 1 N–H and O–H groups in total. The molecular weight excluding hydrogens is 348 g/mol. The second-order valence-corrected chi connectivity index (χ2v) is 5.71. The van der Waals surface area contributed by atoms with E-state index in [0.717, 1.165) is 10.9 Å². The first-order chi connectivity index (χ1) is 13.1. The topological polar surface area (TPSA) is 82.3 Å². The minimum absolute atomic E-state index is 0.234. The van der Waals surface area contributed by atoms with Gasteiger partial charge in [0, 0.05) is 16.5 Å². The summed E-state index contributed by atoms with van der Waals surface area (Å²) in [4.78, 5) is 12.4. The highest BCUT2D eigenvalue weighted by molar-refractivity contribution is 5.99. The summed E-state index contributed by atoms with van der Waals surface area (Å²) >= 11 is 0. The molecule has 3 aromatic rings. The molecule has 0 atom stereocenters. The number of fused-ring (bicyclic) bond motifs is 1. The molecule has 0 unspecified atom stereocenters. The zero-order valence-electron chi connectivity index (χ0n) is 15.5. The molecule has 0 saturated carbocycles. The Morgan fingerprint density at radius 2 is 1.74 bits per heavy atom. The van der Waals surface area contributed by atoms with E-state index in [2.05, 4.69) is 10.5 Å². The number of ether oxygens (including phenoxy) is 3. The molecule has 3 rings (SSSR count). The zero-order chi connectivity index (χ0) is 19.4. The lowest BCUT2D eigenvalue weighted by Crippen LogP contribution is -2.17. The molecule has 0 fully saturated rings. The average molecular weight is 368 g/mol. The summed E-state index contributed by atoms with van der Waals surface area (Å²) in [5.74, 6) is 1.29. The van der Waals surface area contributed by atoms with Crippen molar-refractivity contribution < 1.29 is 23.4 Å². The Kier molecular flexibility index (Phi) is 5.30. The van der Waals surface area contributed by atoms with Crippen molar-refractivity contribution in [2.75, 3.05) is 21.3 Å². The molecule has 0 aliphatic rings. The fourth-order valence-electron chi connectivity index (χ4n) is 2.78. The number of hydrogen-bond donors (Lipinski definition) is 1. The number of hydrazone groups is 1. The Morgan fingerprint density at radius 3 is 2.33 bits per heavy atom. The SMILES string of the molecule is COc1cc(/C=N\NC(=O)c2oc3ccccc3c2C)cc(OC)c1OC. The van der Waals surface area contributed by atoms with E-state index < -0.39 is 5.91 Å². The Morgan fingerprint density at radius 1 is 1.07 bits per heavy atom. The number of amides is 1. The van der Waals surface area contributed by atoms with E-state index in [4.69, 9.17) is 18.6 Å². The normalized spacial score (nSPS) is 11.0. The summed E-state index contributed by atoms with van der Waals surface area (Å²) in [6, 6.07) is 10.9. The summed E-state index contributed by atoms with van der Waals surface area (Å²) in [6.45, 7) is 1.84. The van der Waals surface area contributed by atoms with Gasteiger partial charge < -0.3 is 18.6 Å². The van der Waals surface area contributed by atoms with Crippen molar-refractivity contribution in [2.45, 2.75) is 6.92 Å². The molecule has 2 aromatic carbocycles. The summed E-state index contributed by atoms with van der Waals surface area (Å²) < 4.78 is 21.5. The van der Waals surface area contributed by atoms with Gasteiger partial charge in [-0.15, -0.1) is 0 Å². The summed E-state index contributed by atoms with van der Waals surface area (Å²) in [6.07, 6.45) is 1.49. The van der Waals surface area contributed by atoms with Crippen LogP contribution in [0.2, 0.25) is 0 Å². The van der Waals surface area contributed by atoms with Gasteiger partial charge >= 0.3 is 5.91 Å². The van der Waals surface area contributed by atoms with Gasteiger partial charge in [0.25, 0.3) is 0 Å². The maximum absolute atomic E-state index is 12.4. The Hall–Kier alpha value is -3.48. The number of hydrogen-bond acceptors (Lipinski definition) is 6. The fourth-order valence-corrected chi connectivity index (χ4v) is 2.78. The second-order valence-electron chi connectivity index (χ2n) is 5.71. The highest BCUT2D eigenvalue weighted by Gasteiger charge is 2.17. The highest BCUT2D eigenvalue weighted by atomic mass is 16.5. The van der Waals surface area contributed by atoms with Crippen LogP contribution in [-0.4, -0.2) is 33.5 Å². The lowest BCUT2D eigenvalue weighted by Gasteiger charge is -2.12. The van der Waals surface area contributed by atoms with Crippen LogP contribution in [0.15, 0.2) is 45.9 Å². The average Bonchev–Trinajstić information content (AvgIpc) is 3.04. The monoisotopic (exact) mass is 368 g/mol. The molecule has 0 spiro atoms. The molecule has 1 aromatic heterocycles. The van der Waals surface area contributed by atoms with Crippen LogP contribution in [0, 0.1) is 6.92 Å². The van der Waals surface area contributed by atoms with Crippen molar-refractivity contribution in [1.82, 2.24) is 5.43 Å². The largest absolute Gasteiger partial charge is 0.493 e. The molecule has 0 aliphatic heterocycles. The summed E-state index contributed by atoms with van der Waals surface area (Å²) in [7, 11) is 4.60. The van der Waals surface area contributed by atoms with Gasteiger partial charge in [-0.05, 0) is 25.1 Å². The van der Waals surface area contributed by atoms with E-state index in [9.17, 15) is 4.79 Å². The van der Waals surface area contributed by atoms with Crippen LogP contribution in [0.3, 0.4) is 0 Å². The lowest BCUT2D eigenvalue weighted by atomic mass is 10.1. The van der Waals surface area contributed by atoms with Crippen LogP contribution < -0.4 is 19.6 Å². The van der Waals surface area contributed by atoms with E-state index in [1.807, 2.05) is 31.2 Å². The first-order valence-electron chi connectivity index (χ1n) is 8.20. The molecular formula is C20H20N2O5. The van der Waals surface area contributed by atoms with Crippen molar-refractivity contribution in [3.63, 3.8) is 0 Å². The van der Waals surface area contributed by atoms with Crippen LogP contribution in [0.5, 0.6) is 17.2 Å². The van der Waals surface area contributed by atoms with Crippen molar-refractivity contribution in [3.05, 3.63) is 53.3 Å². The minimum Gasteiger partial charge on any atom is -0.493 e. The minimum atomic E-state index is -0.424. The summed E-state index contributed by atoms with van der Waals surface area (Å²) in [5, 5.41) is 4.90. The Labute approximate surface area is 156 Å². The maximum Gasteiger partial charge on any atom is 0.307 e. The molecule has 7 heteroatoms. The number of carbonyl (C=O) groups excluding carboxylic acids is 1. The summed E-state index contributed by atoms with van der Waals surface area (Å²) in [5.41, 5.74) is 4.58. The predicted molar refractivity (Wildman–Crippen MR) is 102 cm³/mol. The number of para-hydroxylation sites is 1. The zero-order valence-corrected chi connectivity index (χ0v) is 15.5. The van der Waals surface area contributed by atoms with E-state index in [1.165, 1.54) is 27.5 Å². The molecule has 1 amide bonds. The van der Waals surface area contributed by atoms with Crippen molar-refractivity contribution in [1.29, 1.82) is 0 Å². The van der Waals surface area contributed by atoms with Crippen LogP contribution in [-0.2, 0) is 0 Å². The van der Waals surface area contributed by atoms with Crippen molar-refractivity contribution in [3.8, 4) is 17.2 Å². The standard InChI is InChI=1S/C20H20N2O5/c1-12-14-7-5-6-8-15(14)27-18(12)20(23)22-21-11-13-9-16(24-2)19(26-4)17(10-13)25-3/h5-11H,1-4H3,(H,22,23)/b21-11-. The molecule has 0 saturated heterocycles. The second kappa shape index (κ2) is 7.82. The number of aryl methyl sites for hydroxylation is 1. The number of carbonyl (C=O) groups is 1. The molecule has 7 nitrogen and oxygen atoms in total. The van der Waals surface area contributed by atoms with Gasteiger partial charge in [-0.25, -0.2) is 5.43 Å². The fraction of sp³-hybridized carbons (Fsp3) is 0.200. The molecule has 1 heterocycles. The number of benzene rings is 2. The van der Waals surface area contributed by atoms with Crippen molar-refractivity contribution in [2.24, 2.45) is 5.10 Å². The van der Waals surface area contributed by atoms with Gasteiger partial charge in [-0.1, -0.05) is 18.2 Å². The van der Waals surface area contributed by atoms with Crippen LogP contribution in [0.1, 0.15) is 21.7 Å². The predicted octanol–water partition coefficient (Wildman–Crippen LogP) is 3.53. The highest BCUT2D eigenvalue weighted by Crippen LogP contribution is 2.37. The number of furan rings is 1. The maximum atomic E-state index is 12.4. The number of rotatable bonds is 6. The third-order valence-corrected chi connectivity index (χ3v) is 4.12. The molecule has 27 heavy (non-hydrogen) atoms. The van der Waals surface area contributed by atoms with Gasteiger partial charge in [0.15, 0.2) is 17.3 Å².